The number of rotatable bonds is 1. The highest BCUT2D eigenvalue weighted by atomic mass is 32.1. The van der Waals surface area contributed by atoms with E-state index in [1.54, 1.807) is 0 Å². The summed E-state index contributed by atoms with van der Waals surface area (Å²) in [5.74, 6) is 0. The lowest BCUT2D eigenvalue weighted by atomic mass is 10.0. The average molecular weight is 261 g/mol. The first-order valence-corrected chi connectivity index (χ1v) is 7.05. The summed E-state index contributed by atoms with van der Waals surface area (Å²) in [7, 11) is 0. The van der Waals surface area contributed by atoms with Gasteiger partial charge in [0.05, 0.1) is 0 Å². The third-order valence-corrected chi connectivity index (χ3v) is 4.54. The molecule has 0 aliphatic rings. The van der Waals surface area contributed by atoms with Crippen LogP contribution < -0.4 is 0 Å². The Morgan fingerprint density at radius 1 is 0.684 bits per heavy atom. The van der Waals surface area contributed by atoms with Crippen LogP contribution in [0.5, 0.6) is 0 Å². The highest BCUT2D eigenvalue weighted by Gasteiger charge is 2.05. The minimum atomic E-state index is 1.21. The molecule has 2 aromatic carbocycles. The molecule has 0 fully saturated rings. The van der Waals surface area contributed by atoms with Crippen molar-refractivity contribution >= 4 is 31.5 Å². The van der Waals surface area contributed by atoms with E-state index >= 15 is 0 Å². The number of nitrogens with zero attached hydrogens (tertiary/aromatic N) is 1. The van der Waals surface area contributed by atoms with Crippen LogP contribution in [0.3, 0.4) is 0 Å². The Kier molecular flexibility index (Phi) is 2.35. The van der Waals surface area contributed by atoms with Crippen LogP contribution in [-0.4, -0.2) is 4.98 Å². The van der Waals surface area contributed by atoms with Crippen molar-refractivity contribution in [3.05, 3.63) is 67.0 Å². The molecule has 0 saturated carbocycles. The monoisotopic (exact) mass is 261 g/mol. The summed E-state index contributed by atoms with van der Waals surface area (Å²) in [5, 5.41) is 2.69. The van der Waals surface area contributed by atoms with Gasteiger partial charge >= 0.3 is 0 Å². The van der Waals surface area contributed by atoms with E-state index in [1.165, 1.54) is 31.3 Å². The molecule has 0 amide bonds. The molecular formula is C17H11NS. The van der Waals surface area contributed by atoms with Crippen molar-refractivity contribution < 1.29 is 0 Å². The summed E-state index contributed by atoms with van der Waals surface area (Å²) in [6.45, 7) is 0. The molecule has 2 heterocycles. The van der Waals surface area contributed by atoms with Gasteiger partial charge in [0, 0.05) is 32.6 Å². The van der Waals surface area contributed by atoms with Gasteiger partial charge in [-0.25, -0.2) is 0 Å². The number of benzene rings is 2. The maximum absolute atomic E-state index is 4.08. The largest absolute Gasteiger partial charge is 0.265 e. The molecular weight excluding hydrogens is 250 g/mol. The summed E-state index contributed by atoms with van der Waals surface area (Å²) in [6.07, 6.45) is 3.68. The first-order valence-electron chi connectivity index (χ1n) is 6.23. The summed E-state index contributed by atoms with van der Waals surface area (Å²) in [4.78, 5) is 4.08. The van der Waals surface area contributed by atoms with Gasteiger partial charge in [-0.05, 0) is 41.5 Å². The van der Waals surface area contributed by atoms with E-state index in [4.69, 9.17) is 0 Å². The highest BCUT2D eigenvalue weighted by molar-refractivity contribution is 7.25. The molecule has 0 aliphatic heterocycles. The van der Waals surface area contributed by atoms with Gasteiger partial charge in [-0.15, -0.1) is 11.3 Å². The van der Waals surface area contributed by atoms with Gasteiger partial charge in [0.25, 0.3) is 0 Å². The second-order valence-corrected chi connectivity index (χ2v) is 5.63. The third kappa shape index (κ3) is 1.72. The second kappa shape index (κ2) is 4.18. The van der Waals surface area contributed by atoms with Gasteiger partial charge in [0.2, 0.25) is 0 Å². The molecule has 0 radical (unpaired) electrons. The lowest BCUT2D eigenvalue weighted by molar-refractivity contribution is 1.33. The first kappa shape index (κ1) is 10.7. The normalized spacial score (nSPS) is 11.2. The van der Waals surface area contributed by atoms with Gasteiger partial charge in [-0.2, -0.15) is 0 Å². The Bertz CT molecular complexity index is 862. The number of hydrogen-bond acceptors (Lipinski definition) is 2. The van der Waals surface area contributed by atoms with Crippen molar-refractivity contribution in [2.75, 3.05) is 0 Å². The molecule has 0 N–H and O–H groups in total. The van der Waals surface area contributed by atoms with Crippen molar-refractivity contribution in [1.29, 1.82) is 0 Å². The summed E-state index contributed by atoms with van der Waals surface area (Å²) in [5.41, 5.74) is 2.46. The first-order chi connectivity index (χ1) is 9.42. The van der Waals surface area contributed by atoms with Crippen molar-refractivity contribution in [2.45, 2.75) is 0 Å². The number of thiophene rings is 1. The molecule has 19 heavy (non-hydrogen) atoms. The zero-order chi connectivity index (χ0) is 12.7. The second-order valence-electron chi connectivity index (χ2n) is 4.55. The van der Waals surface area contributed by atoms with Gasteiger partial charge in [-0.1, -0.05) is 24.3 Å². The predicted octanol–water partition coefficient (Wildman–Crippen LogP) is 5.12. The molecule has 2 heteroatoms. The zero-order valence-electron chi connectivity index (χ0n) is 10.2. The predicted molar refractivity (Wildman–Crippen MR) is 82.6 cm³/mol. The molecule has 1 nitrogen and oxygen atoms in total. The number of pyridine rings is 1. The summed E-state index contributed by atoms with van der Waals surface area (Å²) in [6, 6.07) is 19.4. The van der Waals surface area contributed by atoms with Crippen LogP contribution >= 0.6 is 11.3 Å². The Hall–Kier alpha value is -2.19. The molecule has 0 atom stereocenters. The van der Waals surface area contributed by atoms with Crippen molar-refractivity contribution in [1.82, 2.24) is 4.98 Å². The minimum absolute atomic E-state index is 1.21. The smallest absolute Gasteiger partial charge is 0.0355 e. The molecule has 0 spiro atoms. The van der Waals surface area contributed by atoms with Crippen LogP contribution in [0.1, 0.15) is 0 Å². The van der Waals surface area contributed by atoms with E-state index in [0.717, 1.165) is 0 Å². The molecule has 0 aliphatic carbocycles. The van der Waals surface area contributed by atoms with E-state index in [-0.39, 0.29) is 0 Å². The van der Waals surface area contributed by atoms with Gasteiger partial charge in [0.15, 0.2) is 0 Å². The van der Waals surface area contributed by atoms with Gasteiger partial charge in [-0.3, -0.25) is 4.98 Å². The van der Waals surface area contributed by atoms with Crippen LogP contribution in [0.25, 0.3) is 31.3 Å². The van der Waals surface area contributed by atoms with Crippen molar-refractivity contribution in [3.8, 4) is 11.1 Å². The van der Waals surface area contributed by atoms with Crippen LogP contribution in [0.15, 0.2) is 67.0 Å². The van der Waals surface area contributed by atoms with E-state index < -0.39 is 0 Å². The maximum Gasteiger partial charge on any atom is 0.0355 e. The lowest BCUT2D eigenvalue weighted by Crippen LogP contribution is -1.77. The summed E-state index contributed by atoms with van der Waals surface area (Å²) >= 11 is 1.85. The molecule has 0 bridgehead atoms. The Balaban J connectivity index is 2.03. The van der Waals surface area contributed by atoms with Crippen LogP contribution in [0.4, 0.5) is 0 Å². The molecule has 4 aromatic rings. The Morgan fingerprint density at radius 2 is 1.47 bits per heavy atom. The Labute approximate surface area is 115 Å². The van der Waals surface area contributed by atoms with E-state index in [9.17, 15) is 0 Å². The van der Waals surface area contributed by atoms with Gasteiger partial charge in [0.1, 0.15) is 0 Å². The standard InChI is InChI=1S/C17H11NS/c1-2-4-16-14(3-1)15-11-13(5-6-17(15)19-16)12-7-9-18-10-8-12/h1-11H. The van der Waals surface area contributed by atoms with E-state index in [1.807, 2.05) is 23.7 Å². The zero-order valence-corrected chi connectivity index (χ0v) is 11.0. The summed E-state index contributed by atoms with van der Waals surface area (Å²) < 4.78 is 2.70. The van der Waals surface area contributed by atoms with Crippen LogP contribution in [0, 0.1) is 0 Å². The Morgan fingerprint density at radius 3 is 2.37 bits per heavy atom. The highest BCUT2D eigenvalue weighted by Crippen LogP contribution is 2.35. The topological polar surface area (TPSA) is 12.9 Å². The number of aromatic nitrogens is 1. The van der Waals surface area contributed by atoms with Crippen molar-refractivity contribution in [2.24, 2.45) is 0 Å². The van der Waals surface area contributed by atoms with Gasteiger partial charge < -0.3 is 0 Å². The van der Waals surface area contributed by atoms with Crippen LogP contribution in [0.2, 0.25) is 0 Å². The lowest BCUT2D eigenvalue weighted by Gasteiger charge is -2.01. The van der Waals surface area contributed by atoms with Crippen molar-refractivity contribution in [3.63, 3.8) is 0 Å². The van der Waals surface area contributed by atoms with Crippen LogP contribution in [-0.2, 0) is 0 Å². The molecule has 90 valence electrons. The fourth-order valence-electron chi connectivity index (χ4n) is 2.45. The fourth-order valence-corrected chi connectivity index (χ4v) is 3.54. The SMILES string of the molecule is c1ccc2c(c1)sc1ccc(-c3ccncc3)cc12. The molecule has 2 aromatic heterocycles. The third-order valence-electron chi connectivity index (χ3n) is 3.39. The quantitative estimate of drug-likeness (QED) is 0.463. The minimum Gasteiger partial charge on any atom is -0.265 e. The molecule has 0 saturated heterocycles. The van der Waals surface area contributed by atoms with E-state index in [0.29, 0.717) is 0 Å². The fraction of sp³-hybridized carbons (Fsp3) is 0. The number of hydrogen-bond donors (Lipinski definition) is 0. The average Bonchev–Trinajstić information content (AvgIpc) is 2.86. The number of fused-ring (bicyclic) bond motifs is 3. The molecule has 4 rings (SSSR count). The van der Waals surface area contributed by atoms with E-state index in [2.05, 4.69) is 59.6 Å². The maximum atomic E-state index is 4.08. The molecule has 0 unspecified atom stereocenters.